The Hall–Kier alpha value is -3.37. The van der Waals surface area contributed by atoms with E-state index in [4.69, 9.17) is 11.6 Å². The number of rotatable bonds is 6. The number of aryl methyl sites for hydroxylation is 1. The Morgan fingerprint density at radius 3 is 2.10 bits per heavy atom. The van der Waals surface area contributed by atoms with Crippen molar-refractivity contribution in [3.8, 4) is 0 Å². The molecule has 0 atom stereocenters. The highest BCUT2D eigenvalue weighted by atomic mass is 35.5. The van der Waals surface area contributed by atoms with Crippen LogP contribution in [0.3, 0.4) is 0 Å². The second-order valence-corrected chi connectivity index (χ2v) is 7.55. The van der Waals surface area contributed by atoms with Gasteiger partial charge in [0.25, 0.3) is 11.8 Å². The number of nitrogens with zero attached hydrogens (tertiary/aromatic N) is 1. The van der Waals surface area contributed by atoms with E-state index in [0.29, 0.717) is 16.2 Å². The number of imide groups is 1. The third-order valence-corrected chi connectivity index (χ3v) is 5.37. The largest absolute Gasteiger partial charge is 0.350 e. The number of halogens is 1. The fourth-order valence-electron chi connectivity index (χ4n) is 3.45. The van der Waals surface area contributed by atoms with Crippen molar-refractivity contribution in [2.24, 2.45) is 0 Å². The van der Waals surface area contributed by atoms with Gasteiger partial charge in [0.15, 0.2) is 0 Å². The van der Waals surface area contributed by atoms with Crippen molar-refractivity contribution < 1.29 is 9.59 Å². The number of carbonyl (C=O) groups is 2. The fourth-order valence-corrected chi connectivity index (χ4v) is 3.58. The van der Waals surface area contributed by atoms with Crippen molar-refractivity contribution in [2.75, 3.05) is 5.32 Å². The minimum Gasteiger partial charge on any atom is -0.350 e. The van der Waals surface area contributed by atoms with E-state index in [1.165, 1.54) is 10.5 Å². The lowest BCUT2D eigenvalue weighted by atomic mass is 10.0. The van der Waals surface area contributed by atoms with Crippen LogP contribution in [0.15, 0.2) is 84.6 Å². The molecule has 3 aromatic carbocycles. The lowest BCUT2D eigenvalue weighted by molar-refractivity contribution is -0.137. The van der Waals surface area contributed by atoms with Gasteiger partial charge >= 0.3 is 0 Å². The molecule has 1 aliphatic heterocycles. The minimum atomic E-state index is -0.339. The van der Waals surface area contributed by atoms with Gasteiger partial charge in [-0.2, -0.15) is 0 Å². The topological polar surface area (TPSA) is 49.4 Å². The number of anilines is 1. The average Bonchev–Trinajstić information content (AvgIpc) is 3.00. The van der Waals surface area contributed by atoms with Gasteiger partial charge in [0.05, 0.1) is 12.1 Å². The van der Waals surface area contributed by atoms with Crippen LogP contribution in [-0.4, -0.2) is 16.7 Å². The summed E-state index contributed by atoms with van der Waals surface area (Å²) in [5.41, 5.74) is 4.14. The molecule has 2 amide bonds. The lowest BCUT2D eigenvalue weighted by Crippen LogP contribution is -2.31. The molecule has 1 N–H and O–H groups in total. The van der Waals surface area contributed by atoms with Crippen LogP contribution in [0.2, 0.25) is 5.02 Å². The van der Waals surface area contributed by atoms with Crippen LogP contribution in [0, 0.1) is 0 Å². The molecule has 30 heavy (non-hydrogen) atoms. The SMILES string of the molecule is CCc1ccc(NC2=C(c3ccc(Cl)cc3)C(=O)N(Cc3ccccc3)C2=O)cc1. The summed E-state index contributed by atoms with van der Waals surface area (Å²) in [5.74, 6) is -0.660. The smallest absolute Gasteiger partial charge is 0.278 e. The summed E-state index contributed by atoms with van der Waals surface area (Å²) in [6, 6.07) is 24.3. The Morgan fingerprint density at radius 2 is 1.47 bits per heavy atom. The second-order valence-electron chi connectivity index (χ2n) is 7.11. The molecule has 1 aliphatic rings. The van der Waals surface area contributed by atoms with Gasteiger partial charge in [0.1, 0.15) is 5.70 Å². The molecule has 0 aromatic heterocycles. The van der Waals surface area contributed by atoms with E-state index in [-0.39, 0.29) is 24.1 Å². The molecule has 0 bridgehead atoms. The molecule has 4 nitrogen and oxygen atoms in total. The highest BCUT2D eigenvalue weighted by Crippen LogP contribution is 2.32. The van der Waals surface area contributed by atoms with Crippen molar-refractivity contribution in [2.45, 2.75) is 19.9 Å². The van der Waals surface area contributed by atoms with Gasteiger partial charge in [-0.05, 0) is 47.4 Å². The summed E-state index contributed by atoms with van der Waals surface area (Å²) in [4.78, 5) is 27.8. The first-order valence-electron chi connectivity index (χ1n) is 9.83. The third kappa shape index (κ3) is 4.00. The van der Waals surface area contributed by atoms with Gasteiger partial charge in [0, 0.05) is 10.7 Å². The van der Waals surface area contributed by atoms with Crippen LogP contribution >= 0.6 is 11.6 Å². The molecule has 1 heterocycles. The molecule has 0 spiro atoms. The van der Waals surface area contributed by atoms with E-state index in [9.17, 15) is 9.59 Å². The number of hydrogen-bond acceptors (Lipinski definition) is 3. The van der Waals surface area contributed by atoms with Crippen LogP contribution in [-0.2, 0) is 22.6 Å². The first-order chi connectivity index (χ1) is 14.6. The van der Waals surface area contributed by atoms with Crippen LogP contribution in [0.4, 0.5) is 5.69 Å². The van der Waals surface area contributed by atoms with Gasteiger partial charge in [-0.25, -0.2) is 0 Å². The normalized spacial score (nSPS) is 13.9. The Bertz CT molecular complexity index is 1100. The van der Waals surface area contributed by atoms with E-state index < -0.39 is 0 Å². The Labute approximate surface area is 180 Å². The molecular weight excluding hydrogens is 396 g/mol. The van der Waals surface area contributed by atoms with Gasteiger partial charge in [-0.15, -0.1) is 0 Å². The van der Waals surface area contributed by atoms with Crippen molar-refractivity contribution >= 4 is 34.7 Å². The zero-order chi connectivity index (χ0) is 21.1. The standard InChI is InChI=1S/C25H21ClN2O2/c1-2-17-8-14-21(15-9-17)27-23-22(19-10-12-20(26)13-11-19)24(29)28(25(23)30)16-18-6-4-3-5-7-18/h3-15,27H,2,16H2,1H3. The number of benzene rings is 3. The molecule has 0 fully saturated rings. The molecular formula is C25H21ClN2O2. The highest BCUT2D eigenvalue weighted by molar-refractivity contribution is 6.36. The van der Waals surface area contributed by atoms with Crippen LogP contribution in [0.1, 0.15) is 23.6 Å². The molecule has 3 aromatic rings. The summed E-state index contributed by atoms with van der Waals surface area (Å²) in [7, 11) is 0. The maximum atomic E-state index is 13.3. The van der Waals surface area contributed by atoms with Crippen molar-refractivity contribution in [3.63, 3.8) is 0 Å². The van der Waals surface area contributed by atoms with E-state index >= 15 is 0 Å². The summed E-state index contributed by atoms with van der Waals surface area (Å²) < 4.78 is 0. The third-order valence-electron chi connectivity index (χ3n) is 5.12. The molecule has 0 unspecified atom stereocenters. The van der Waals surface area contributed by atoms with E-state index in [0.717, 1.165) is 17.7 Å². The maximum Gasteiger partial charge on any atom is 0.278 e. The van der Waals surface area contributed by atoms with Crippen LogP contribution < -0.4 is 5.32 Å². The average molecular weight is 417 g/mol. The number of carbonyl (C=O) groups excluding carboxylic acids is 2. The van der Waals surface area contributed by atoms with Gasteiger partial charge in [0.2, 0.25) is 0 Å². The number of nitrogens with one attached hydrogen (secondary N) is 1. The second kappa shape index (κ2) is 8.56. The van der Waals surface area contributed by atoms with E-state index in [1.54, 1.807) is 24.3 Å². The zero-order valence-corrected chi connectivity index (χ0v) is 17.3. The molecule has 0 radical (unpaired) electrons. The molecule has 4 rings (SSSR count). The maximum absolute atomic E-state index is 13.3. The molecule has 0 saturated heterocycles. The fraction of sp³-hybridized carbons (Fsp3) is 0.120. The first-order valence-corrected chi connectivity index (χ1v) is 10.2. The predicted octanol–water partition coefficient (Wildman–Crippen LogP) is 5.29. The Balaban J connectivity index is 1.72. The van der Waals surface area contributed by atoms with Crippen LogP contribution in [0.25, 0.3) is 5.57 Å². The van der Waals surface area contributed by atoms with Gasteiger partial charge < -0.3 is 5.32 Å². The zero-order valence-electron chi connectivity index (χ0n) is 16.6. The minimum absolute atomic E-state index is 0.218. The highest BCUT2D eigenvalue weighted by Gasteiger charge is 2.39. The monoisotopic (exact) mass is 416 g/mol. The molecule has 0 aliphatic carbocycles. The summed E-state index contributed by atoms with van der Waals surface area (Å²) in [6.07, 6.45) is 0.932. The van der Waals surface area contributed by atoms with Gasteiger partial charge in [-0.3, -0.25) is 14.5 Å². The van der Waals surface area contributed by atoms with Crippen LogP contribution in [0.5, 0.6) is 0 Å². The first kappa shape index (κ1) is 19.9. The molecule has 0 saturated carbocycles. The van der Waals surface area contributed by atoms with E-state index in [2.05, 4.69) is 12.2 Å². The number of hydrogen-bond donors (Lipinski definition) is 1. The van der Waals surface area contributed by atoms with Crippen molar-refractivity contribution in [1.29, 1.82) is 0 Å². The van der Waals surface area contributed by atoms with Gasteiger partial charge in [-0.1, -0.05) is 73.1 Å². The summed E-state index contributed by atoms with van der Waals surface area (Å²) in [6.45, 7) is 2.31. The Morgan fingerprint density at radius 1 is 0.800 bits per heavy atom. The quantitative estimate of drug-likeness (QED) is 0.555. The van der Waals surface area contributed by atoms with Crippen molar-refractivity contribution in [1.82, 2.24) is 4.90 Å². The summed E-state index contributed by atoms with van der Waals surface area (Å²) in [5, 5.41) is 3.76. The predicted molar refractivity (Wildman–Crippen MR) is 120 cm³/mol. The van der Waals surface area contributed by atoms with E-state index in [1.807, 2.05) is 54.6 Å². The molecule has 5 heteroatoms. The van der Waals surface area contributed by atoms with Crippen molar-refractivity contribution in [3.05, 3.63) is 106 Å². The lowest BCUT2D eigenvalue weighted by Gasteiger charge is -2.15. The molecule has 150 valence electrons. The Kier molecular flexibility index (Phi) is 5.68. The summed E-state index contributed by atoms with van der Waals surface area (Å²) >= 11 is 6.02. The number of amides is 2.